The van der Waals surface area contributed by atoms with Crippen molar-refractivity contribution in [1.29, 1.82) is 0 Å². The highest BCUT2D eigenvalue weighted by atomic mass is 19.4. The van der Waals surface area contributed by atoms with E-state index in [1.54, 1.807) is 86.0 Å². The van der Waals surface area contributed by atoms with Crippen molar-refractivity contribution in [2.45, 2.75) is 148 Å². The van der Waals surface area contributed by atoms with E-state index in [0.717, 1.165) is 86.8 Å². The molecule has 0 saturated heterocycles. The third-order valence-corrected chi connectivity index (χ3v) is 21.8. The highest BCUT2D eigenvalue weighted by Crippen LogP contribution is 2.42. The van der Waals surface area contributed by atoms with Crippen molar-refractivity contribution < 1.29 is 49.8 Å². The van der Waals surface area contributed by atoms with Gasteiger partial charge in [0.05, 0.1) is 31.1 Å². The predicted molar refractivity (Wildman–Crippen MR) is 488 cm³/mol. The van der Waals surface area contributed by atoms with Crippen LogP contribution >= 0.6 is 0 Å². The minimum absolute atomic E-state index is 0.0393. The molecule has 0 radical (unpaired) electrons. The number of ether oxygens (including phenoxy) is 2. The number of benzene rings is 7. The van der Waals surface area contributed by atoms with Crippen LogP contribution < -0.4 is 9.47 Å². The summed E-state index contributed by atoms with van der Waals surface area (Å²) in [7, 11) is 3.97. The van der Waals surface area contributed by atoms with Gasteiger partial charge in [-0.2, -0.15) is 43.1 Å². The zero-order chi connectivity index (χ0) is 90.1. The highest BCUT2D eigenvalue weighted by Gasteiger charge is 2.35. The van der Waals surface area contributed by atoms with Gasteiger partial charge in [0.15, 0.2) is 11.5 Å². The summed E-state index contributed by atoms with van der Waals surface area (Å²) < 4.78 is 84.7. The van der Waals surface area contributed by atoms with Gasteiger partial charge in [0.1, 0.15) is 0 Å². The van der Waals surface area contributed by atoms with Crippen LogP contribution in [0.25, 0.3) is 102 Å². The Morgan fingerprint density at radius 2 is 0.815 bits per heavy atom. The Hall–Kier alpha value is -14.7. The Kier molecular flexibility index (Phi) is 32.9. The number of alkyl halides is 3. The summed E-state index contributed by atoms with van der Waals surface area (Å²) in [4.78, 5) is 44.7. The molecule has 130 heavy (non-hydrogen) atoms. The molecule has 25 nitrogen and oxygen atoms in total. The summed E-state index contributed by atoms with van der Waals surface area (Å²) in [5.74, 6) is 10.2. The minimum atomic E-state index is -4.52. The van der Waals surface area contributed by atoms with Crippen molar-refractivity contribution in [2.24, 2.45) is 5.92 Å². The Morgan fingerprint density at radius 3 is 1.33 bits per heavy atom. The van der Waals surface area contributed by atoms with E-state index in [1.807, 2.05) is 198 Å². The average molecular weight is 1750 g/mol. The van der Waals surface area contributed by atoms with Gasteiger partial charge in [-0.15, -0.1) is 0 Å². The molecule has 17 aromatic rings. The molecule has 2 aliphatic carbocycles. The Balaban J connectivity index is 0.000000127. The van der Waals surface area contributed by atoms with Crippen molar-refractivity contribution in [3.8, 4) is 114 Å². The molecule has 0 spiro atoms. The molecule has 0 amide bonds. The van der Waals surface area contributed by atoms with Gasteiger partial charge in [-0.3, -0.25) is 19.9 Å². The van der Waals surface area contributed by atoms with Crippen LogP contribution in [-0.4, -0.2) is 113 Å². The molecule has 0 aliphatic heterocycles. The molecule has 7 aromatic carbocycles. The molecule has 1 unspecified atom stereocenters. The molecule has 10 aromatic heterocycles. The summed E-state index contributed by atoms with van der Waals surface area (Å²) in [6.45, 7) is 10.2. The van der Waals surface area contributed by atoms with Crippen molar-refractivity contribution >= 4 is 0 Å². The van der Waals surface area contributed by atoms with Gasteiger partial charge in [0, 0.05) is 112 Å². The summed E-state index contributed by atoms with van der Waals surface area (Å²) in [5.41, 5.74) is 9.75. The molecule has 1 atom stereocenters. The van der Waals surface area contributed by atoms with Gasteiger partial charge in [-0.1, -0.05) is 235 Å². The summed E-state index contributed by atoms with van der Waals surface area (Å²) in [5, 5.41) is 24.2. The first-order valence-electron chi connectivity index (χ1n) is 43.9. The fourth-order valence-corrected chi connectivity index (χ4v) is 15.1. The molecule has 664 valence electrons. The zero-order valence-electron chi connectivity index (χ0n) is 73.4. The molecule has 10 heterocycles. The van der Waals surface area contributed by atoms with E-state index in [2.05, 4.69) is 112 Å². The molecule has 28 heteroatoms. The van der Waals surface area contributed by atoms with Crippen LogP contribution in [0.5, 0.6) is 11.5 Å². The molecule has 19 rings (SSSR count). The number of hydrogen-bond acceptors (Lipinski definition) is 25. The molecule has 2 saturated carbocycles. The summed E-state index contributed by atoms with van der Waals surface area (Å²) in [6.07, 6.45) is 26.2. The standard InChI is InChI=1S/C24H20F3N3O.C18H18N2O3.C17H23N3O.C16H15N3O.C14H11N3O.C13H15N3O/c1-30(2)15-16-8-10-18(11-9-16)22-28-23(31-29-22)19-12-13-20(17-6-4-3-5-7-17)21(14-19)24(25,26)27;1-3-21-15-11-10-14(12-16(15)22-4-2)18-19-17(20-23-18)13-8-6-5-7-9-13;1-2-3-4-13-5-7-15(8-6-13)17-19-16(20-21-17)14-9-11-18-12-10-14;1-2-14(12-6-4-3-5-7-12)16-18-15(19-20-16)13-8-10-17-11-9-13;1-2-4-11(5-3-1)10-13-16-14(17-18-13)12-6-8-15-9-7-12;1-2-4-11(5-3-1)13-15-12(16-17-13)10-6-8-14-9-7-10/h3-14H,15H2,1-2H3;5-12H,3-4H2,1-2H3;9-13,15H,2-8H2,1H3;3-11,14H,2H2,1H3;1-9H,10H2;6-9,11H,1-5H2. The lowest BCUT2D eigenvalue weighted by Crippen LogP contribution is -2.13. The second-order valence-electron chi connectivity index (χ2n) is 31.4. The molecular formula is C102H102F3N17O8. The summed E-state index contributed by atoms with van der Waals surface area (Å²) >= 11 is 0. The average Bonchev–Trinajstić information content (AvgIpc) is 1.31. The smallest absolute Gasteiger partial charge is 0.417 e. The lowest BCUT2D eigenvalue weighted by atomic mass is 9.80. The first kappa shape index (κ1) is 91.5. The Morgan fingerprint density at radius 1 is 0.385 bits per heavy atom. The Bertz CT molecular complexity index is 6160. The lowest BCUT2D eigenvalue weighted by Gasteiger charge is -2.26. The predicted octanol–water partition coefficient (Wildman–Crippen LogP) is 24.5. The number of aromatic nitrogens is 16. The lowest BCUT2D eigenvalue weighted by molar-refractivity contribution is -0.137. The van der Waals surface area contributed by atoms with Crippen molar-refractivity contribution in [2.75, 3.05) is 27.3 Å². The van der Waals surface area contributed by atoms with E-state index in [9.17, 15) is 13.2 Å². The first-order valence-corrected chi connectivity index (χ1v) is 43.9. The number of halogens is 3. The third-order valence-electron chi connectivity index (χ3n) is 21.8. The topological polar surface area (TPSA) is 307 Å². The molecular weight excluding hydrogens is 1650 g/mol. The van der Waals surface area contributed by atoms with Crippen molar-refractivity contribution in [1.82, 2.24) is 85.7 Å². The number of pyridine rings is 4. The fraction of sp³-hybridized carbons (Fsp3) is 0.275. The van der Waals surface area contributed by atoms with Crippen LogP contribution in [0.3, 0.4) is 0 Å². The van der Waals surface area contributed by atoms with Crippen LogP contribution in [0, 0.1) is 5.92 Å². The fourth-order valence-electron chi connectivity index (χ4n) is 15.1. The van der Waals surface area contributed by atoms with E-state index in [1.165, 1.54) is 88.7 Å². The van der Waals surface area contributed by atoms with E-state index in [0.29, 0.717) is 101 Å². The van der Waals surface area contributed by atoms with Crippen LogP contribution in [0.1, 0.15) is 175 Å². The summed E-state index contributed by atoms with van der Waals surface area (Å²) in [6, 6.07) is 70.9. The van der Waals surface area contributed by atoms with Gasteiger partial charge >= 0.3 is 6.18 Å². The number of hydrogen-bond donors (Lipinski definition) is 0. The Labute approximate surface area is 752 Å². The van der Waals surface area contributed by atoms with E-state index in [-0.39, 0.29) is 22.9 Å². The van der Waals surface area contributed by atoms with E-state index >= 15 is 0 Å². The van der Waals surface area contributed by atoms with Crippen LogP contribution in [0.4, 0.5) is 13.2 Å². The van der Waals surface area contributed by atoms with Gasteiger partial charge in [-0.05, 0) is 185 Å². The van der Waals surface area contributed by atoms with Crippen molar-refractivity contribution in [3.63, 3.8) is 0 Å². The highest BCUT2D eigenvalue weighted by molar-refractivity contribution is 5.73. The quantitative estimate of drug-likeness (QED) is 0.0513. The van der Waals surface area contributed by atoms with Crippen molar-refractivity contribution in [3.05, 3.63) is 326 Å². The maximum Gasteiger partial charge on any atom is 0.417 e. The van der Waals surface area contributed by atoms with Crippen LogP contribution in [0.2, 0.25) is 0 Å². The maximum absolute atomic E-state index is 13.8. The SMILES string of the molecule is CCC(c1ccccc1)c1nc(-c2ccncc2)no1.CCCCC1CCC(c2nc(-c3ccncc3)no2)CC1.CCOc1ccc(-c2nc(-c3ccccc3)no2)cc1OCC.CN(C)Cc1ccc(-c2noc(-c3ccc(-c4ccccc4)c(C(F)(F)F)c3)n2)cc1.c1cc(-c2noc(C3CCCCC3)n2)ccn1.c1ccc(Cc2nc(-c3ccncc3)no2)cc1. The van der Waals surface area contributed by atoms with Crippen LogP contribution in [-0.2, 0) is 19.1 Å². The number of unbranched alkanes of at least 4 members (excludes halogenated alkanes) is 1. The maximum atomic E-state index is 13.8. The van der Waals surface area contributed by atoms with E-state index in [4.69, 9.17) is 36.6 Å². The van der Waals surface area contributed by atoms with E-state index < -0.39 is 11.7 Å². The van der Waals surface area contributed by atoms with Crippen LogP contribution in [0.15, 0.2) is 307 Å². The first-order chi connectivity index (χ1) is 63.7. The monoisotopic (exact) mass is 1750 g/mol. The number of nitrogens with zero attached hydrogens (tertiary/aromatic N) is 17. The molecule has 2 fully saturated rings. The second kappa shape index (κ2) is 46.7. The second-order valence-corrected chi connectivity index (χ2v) is 31.4. The molecule has 2 aliphatic rings. The third kappa shape index (κ3) is 25.8. The van der Waals surface area contributed by atoms with Gasteiger partial charge < -0.3 is 41.5 Å². The van der Waals surface area contributed by atoms with Gasteiger partial charge in [0.25, 0.3) is 11.8 Å². The molecule has 0 bridgehead atoms. The normalized spacial score (nSPS) is 13.9. The van der Waals surface area contributed by atoms with Gasteiger partial charge in [-0.25, -0.2) is 0 Å². The van der Waals surface area contributed by atoms with Gasteiger partial charge in [0.2, 0.25) is 58.5 Å². The zero-order valence-corrected chi connectivity index (χ0v) is 73.4. The minimum Gasteiger partial charge on any atom is -0.490 e. The largest absolute Gasteiger partial charge is 0.490 e. The molecule has 0 N–H and O–H groups in total. The number of rotatable bonds is 25.